The third kappa shape index (κ3) is 2.26. The standard InChI is InChI=1S/C9H8O2/c10-6-2-4-8-3-1-5-9(11)7-8/h1-7,11H. The lowest BCUT2D eigenvalue weighted by Gasteiger charge is -1.92. The third-order valence-corrected chi connectivity index (χ3v) is 1.24. The fourth-order valence-corrected chi connectivity index (χ4v) is 0.779. The first kappa shape index (κ1) is 7.54. The summed E-state index contributed by atoms with van der Waals surface area (Å²) in [6.45, 7) is 0. The Morgan fingerprint density at radius 1 is 1.36 bits per heavy atom. The highest BCUT2D eigenvalue weighted by molar-refractivity contribution is 5.73. The molecule has 0 atom stereocenters. The van der Waals surface area contributed by atoms with Gasteiger partial charge in [0.05, 0.1) is 0 Å². The van der Waals surface area contributed by atoms with Crippen LogP contribution in [-0.2, 0) is 4.79 Å². The molecule has 11 heavy (non-hydrogen) atoms. The highest BCUT2D eigenvalue weighted by Gasteiger charge is 1.87. The van der Waals surface area contributed by atoms with Crippen molar-refractivity contribution in [2.24, 2.45) is 0 Å². The quantitative estimate of drug-likeness (QED) is 0.511. The molecule has 0 bridgehead atoms. The normalized spacial score (nSPS) is 10.2. The zero-order valence-electron chi connectivity index (χ0n) is 5.90. The Balaban J connectivity index is 2.87. The Morgan fingerprint density at radius 2 is 2.18 bits per heavy atom. The molecule has 1 N–H and O–H groups in total. The maximum atomic E-state index is 9.91. The predicted octanol–water partition coefficient (Wildman–Crippen LogP) is 1.60. The number of phenols is 1. The number of hydrogen-bond donors (Lipinski definition) is 1. The molecule has 0 spiro atoms. The van der Waals surface area contributed by atoms with Crippen LogP contribution in [0.4, 0.5) is 0 Å². The number of aromatic hydroxyl groups is 1. The van der Waals surface area contributed by atoms with E-state index in [9.17, 15) is 4.79 Å². The van der Waals surface area contributed by atoms with Crippen LogP contribution in [0.3, 0.4) is 0 Å². The molecule has 0 heterocycles. The van der Waals surface area contributed by atoms with E-state index in [0.29, 0.717) is 6.29 Å². The molecule has 2 nitrogen and oxygen atoms in total. The molecule has 0 aliphatic heterocycles. The van der Waals surface area contributed by atoms with Crippen LogP contribution in [-0.4, -0.2) is 11.4 Å². The van der Waals surface area contributed by atoms with E-state index in [2.05, 4.69) is 0 Å². The second-order valence-electron chi connectivity index (χ2n) is 2.09. The van der Waals surface area contributed by atoms with E-state index in [1.165, 1.54) is 6.08 Å². The Labute approximate surface area is 64.8 Å². The summed E-state index contributed by atoms with van der Waals surface area (Å²) in [6.07, 6.45) is 3.71. The van der Waals surface area contributed by atoms with E-state index in [0.717, 1.165) is 5.56 Å². The molecule has 1 rings (SSSR count). The Hall–Kier alpha value is -1.57. The molecule has 0 amide bonds. The van der Waals surface area contributed by atoms with Gasteiger partial charge in [0.15, 0.2) is 0 Å². The molecule has 1 aromatic carbocycles. The van der Waals surface area contributed by atoms with Gasteiger partial charge in [-0.2, -0.15) is 0 Å². The second-order valence-corrected chi connectivity index (χ2v) is 2.09. The summed E-state index contributed by atoms with van der Waals surface area (Å²) in [4.78, 5) is 9.91. The summed E-state index contributed by atoms with van der Waals surface area (Å²) >= 11 is 0. The van der Waals surface area contributed by atoms with E-state index < -0.39 is 0 Å². The molecule has 0 aliphatic carbocycles. The molecular formula is C9H8O2. The van der Waals surface area contributed by atoms with E-state index in [4.69, 9.17) is 5.11 Å². The average molecular weight is 148 g/mol. The number of carbonyl (C=O) groups is 1. The van der Waals surface area contributed by atoms with Crippen LogP contribution >= 0.6 is 0 Å². The molecule has 0 aromatic heterocycles. The van der Waals surface area contributed by atoms with Crippen molar-refractivity contribution >= 4 is 12.4 Å². The lowest BCUT2D eigenvalue weighted by molar-refractivity contribution is -0.104. The molecule has 56 valence electrons. The molecule has 0 unspecified atom stereocenters. The highest BCUT2D eigenvalue weighted by Crippen LogP contribution is 2.11. The number of carbonyl (C=O) groups excluding carboxylic acids is 1. The maximum Gasteiger partial charge on any atom is 0.142 e. The Bertz CT molecular complexity index is 277. The fraction of sp³-hybridized carbons (Fsp3) is 0. The predicted molar refractivity (Wildman–Crippen MR) is 43.2 cm³/mol. The summed E-state index contributed by atoms with van der Waals surface area (Å²) in [5.74, 6) is 0.207. The zero-order chi connectivity index (χ0) is 8.10. The van der Waals surface area contributed by atoms with Crippen LogP contribution in [0.2, 0.25) is 0 Å². The summed E-state index contributed by atoms with van der Waals surface area (Å²) in [6, 6.07) is 6.69. The van der Waals surface area contributed by atoms with Crippen molar-refractivity contribution in [3.63, 3.8) is 0 Å². The van der Waals surface area contributed by atoms with Crippen molar-refractivity contribution < 1.29 is 9.90 Å². The van der Waals surface area contributed by atoms with Gasteiger partial charge in [0.1, 0.15) is 12.0 Å². The Morgan fingerprint density at radius 3 is 2.82 bits per heavy atom. The first-order chi connectivity index (χ1) is 5.33. The number of rotatable bonds is 2. The monoisotopic (exact) mass is 148 g/mol. The van der Waals surface area contributed by atoms with E-state index in [1.54, 1.807) is 30.3 Å². The maximum absolute atomic E-state index is 9.91. The highest BCUT2D eigenvalue weighted by atomic mass is 16.3. The molecule has 2 heteroatoms. The first-order valence-corrected chi connectivity index (χ1v) is 3.24. The van der Waals surface area contributed by atoms with E-state index >= 15 is 0 Å². The van der Waals surface area contributed by atoms with Gasteiger partial charge in [-0.1, -0.05) is 18.2 Å². The number of phenolic OH excluding ortho intramolecular Hbond substituents is 1. The molecular weight excluding hydrogens is 140 g/mol. The number of allylic oxidation sites excluding steroid dienone is 1. The zero-order valence-corrected chi connectivity index (χ0v) is 5.90. The SMILES string of the molecule is O=CC=Cc1cccc(O)c1. The van der Waals surface area contributed by atoms with Crippen LogP contribution < -0.4 is 0 Å². The molecule has 0 saturated heterocycles. The van der Waals surface area contributed by atoms with Gasteiger partial charge >= 0.3 is 0 Å². The fourth-order valence-electron chi connectivity index (χ4n) is 0.779. The summed E-state index contributed by atoms with van der Waals surface area (Å²) < 4.78 is 0. The topological polar surface area (TPSA) is 37.3 Å². The van der Waals surface area contributed by atoms with Crippen LogP contribution in [0.15, 0.2) is 30.3 Å². The van der Waals surface area contributed by atoms with Gasteiger partial charge in [-0.05, 0) is 23.8 Å². The molecule has 1 aromatic rings. The van der Waals surface area contributed by atoms with Crippen LogP contribution in [0.5, 0.6) is 5.75 Å². The molecule has 0 saturated carbocycles. The van der Waals surface area contributed by atoms with Gasteiger partial charge in [0.25, 0.3) is 0 Å². The first-order valence-electron chi connectivity index (χ1n) is 3.24. The lowest BCUT2D eigenvalue weighted by Crippen LogP contribution is -1.70. The van der Waals surface area contributed by atoms with E-state index in [1.807, 2.05) is 0 Å². The Kier molecular flexibility index (Phi) is 2.44. The smallest absolute Gasteiger partial charge is 0.142 e. The third-order valence-electron chi connectivity index (χ3n) is 1.24. The van der Waals surface area contributed by atoms with Crippen molar-refractivity contribution in [3.05, 3.63) is 35.9 Å². The second kappa shape index (κ2) is 3.56. The van der Waals surface area contributed by atoms with Crippen molar-refractivity contribution in [1.82, 2.24) is 0 Å². The van der Waals surface area contributed by atoms with Crippen molar-refractivity contribution in [2.75, 3.05) is 0 Å². The largest absolute Gasteiger partial charge is 0.508 e. The minimum atomic E-state index is 0.207. The van der Waals surface area contributed by atoms with Crippen LogP contribution in [0.1, 0.15) is 5.56 Å². The van der Waals surface area contributed by atoms with Gasteiger partial charge in [-0.25, -0.2) is 0 Å². The summed E-state index contributed by atoms with van der Waals surface area (Å²) in [7, 11) is 0. The number of aldehydes is 1. The minimum absolute atomic E-state index is 0.207. The minimum Gasteiger partial charge on any atom is -0.508 e. The van der Waals surface area contributed by atoms with Crippen molar-refractivity contribution in [1.29, 1.82) is 0 Å². The van der Waals surface area contributed by atoms with Gasteiger partial charge in [0.2, 0.25) is 0 Å². The molecule has 0 aliphatic rings. The average Bonchev–Trinajstić information content (AvgIpc) is 2.01. The van der Waals surface area contributed by atoms with Gasteiger partial charge in [0, 0.05) is 0 Å². The summed E-state index contributed by atoms with van der Waals surface area (Å²) in [5.41, 5.74) is 0.817. The van der Waals surface area contributed by atoms with Gasteiger partial charge in [-0.3, -0.25) is 4.79 Å². The lowest BCUT2D eigenvalue weighted by atomic mass is 10.2. The number of hydrogen-bond acceptors (Lipinski definition) is 2. The van der Waals surface area contributed by atoms with Crippen molar-refractivity contribution in [2.45, 2.75) is 0 Å². The molecule has 0 radical (unpaired) electrons. The van der Waals surface area contributed by atoms with Gasteiger partial charge in [-0.15, -0.1) is 0 Å². The van der Waals surface area contributed by atoms with Gasteiger partial charge < -0.3 is 5.11 Å². The molecule has 0 fully saturated rings. The van der Waals surface area contributed by atoms with E-state index in [-0.39, 0.29) is 5.75 Å². The van der Waals surface area contributed by atoms with Crippen molar-refractivity contribution in [3.8, 4) is 5.75 Å². The number of benzene rings is 1. The van der Waals surface area contributed by atoms with Crippen LogP contribution in [0, 0.1) is 0 Å². The van der Waals surface area contributed by atoms with Crippen LogP contribution in [0.25, 0.3) is 6.08 Å². The summed E-state index contributed by atoms with van der Waals surface area (Å²) in [5, 5.41) is 8.99.